The van der Waals surface area contributed by atoms with Gasteiger partial charge >= 0.3 is 0 Å². The molecule has 0 saturated heterocycles. The Morgan fingerprint density at radius 1 is 1.19 bits per heavy atom. The van der Waals surface area contributed by atoms with Crippen LogP contribution in [0.25, 0.3) is 0 Å². The summed E-state index contributed by atoms with van der Waals surface area (Å²) in [6.07, 6.45) is 9.33. The minimum Gasteiger partial charge on any atom is -0.354 e. The molecule has 2 N–H and O–H groups in total. The normalized spacial score (nSPS) is 12.6. The standard InChI is InChI=1S/C21H33N5.HI/c1-17(2)7-5-8-18(3)25-21(22-4)24-14-19-9-6-10-20(13-19)15-26-12-11-23-16-26;/h6,9-13,16-18H,5,7-8,14-15H2,1-4H3,(H2,22,24,25);1H. The maximum Gasteiger partial charge on any atom is 0.191 e. The monoisotopic (exact) mass is 483 g/mol. The smallest absolute Gasteiger partial charge is 0.191 e. The average molecular weight is 483 g/mol. The summed E-state index contributed by atoms with van der Waals surface area (Å²) in [5.41, 5.74) is 2.52. The maximum absolute atomic E-state index is 4.35. The van der Waals surface area contributed by atoms with Crippen molar-refractivity contribution >= 4 is 29.9 Å². The molecule has 0 saturated carbocycles. The number of hydrogen-bond acceptors (Lipinski definition) is 2. The van der Waals surface area contributed by atoms with Crippen LogP contribution in [0.1, 0.15) is 51.2 Å². The predicted molar refractivity (Wildman–Crippen MR) is 125 cm³/mol. The molecule has 27 heavy (non-hydrogen) atoms. The van der Waals surface area contributed by atoms with Gasteiger partial charge in [-0.15, -0.1) is 24.0 Å². The lowest BCUT2D eigenvalue weighted by Crippen LogP contribution is -2.41. The first-order valence-electron chi connectivity index (χ1n) is 9.57. The summed E-state index contributed by atoms with van der Waals surface area (Å²) in [5, 5.41) is 6.91. The molecule has 0 aliphatic rings. The Labute approximate surface area is 181 Å². The molecule has 5 nitrogen and oxygen atoms in total. The van der Waals surface area contributed by atoms with Crippen LogP contribution in [-0.2, 0) is 13.1 Å². The van der Waals surface area contributed by atoms with Crippen LogP contribution in [0.3, 0.4) is 0 Å². The SMILES string of the molecule is CN=C(NCc1cccc(Cn2ccnc2)c1)NC(C)CCCC(C)C.I. The number of benzene rings is 1. The second-order valence-electron chi connectivity index (χ2n) is 7.35. The topological polar surface area (TPSA) is 54.2 Å². The van der Waals surface area contributed by atoms with E-state index in [4.69, 9.17) is 0 Å². The highest BCUT2D eigenvalue weighted by Crippen LogP contribution is 2.09. The maximum atomic E-state index is 4.35. The molecule has 0 spiro atoms. The summed E-state index contributed by atoms with van der Waals surface area (Å²) in [6.45, 7) is 8.38. The van der Waals surface area contributed by atoms with Crippen molar-refractivity contribution in [3.05, 3.63) is 54.1 Å². The fourth-order valence-corrected chi connectivity index (χ4v) is 2.95. The molecule has 1 heterocycles. The third-order valence-corrected chi connectivity index (χ3v) is 4.40. The van der Waals surface area contributed by atoms with Crippen molar-refractivity contribution in [1.29, 1.82) is 0 Å². The van der Waals surface area contributed by atoms with E-state index in [1.807, 2.05) is 25.8 Å². The Kier molecular flexibility index (Phi) is 11.1. The molecule has 1 atom stereocenters. The molecule has 1 aromatic carbocycles. The van der Waals surface area contributed by atoms with Crippen molar-refractivity contribution in [2.75, 3.05) is 7.05 Å². The van der Waals surface area contributed by atoms with Crippen LogP contribution in [-0.4, -0.2) is 28.6 Å². The fourth-order valence-electron chi connectivity index (χ4n) is 2.95. The molecule has 0 amide bonds. The molecule has 2 aromatic rings. The molecule has 0 fully saturated rings. The largest absolute Gasteiger partial charge is 0.354 e. The molecule has 0 bridgehead atoms. The van der Waals surface area contributed by atoms with Gasteiger partial charge in [-0.1, -0.05) is 51.0 Å². The van der Waals surface area contributed by atoms with Crippen LogP contribution in [0.4, 0.5) is 0 Å². The van der Waals surface area contributed by atoms with Gasteiger partial charge in [0, 0.05) is 38.6 Å². The van der Waals surface area contributed by atoms with Gasteiger partial charge in [0.05, 0.1) is 6.33 Å². The van der Waals surface area contributed by atoms with Crippen LogP contribution in [0, 0.1) is 5.92 Å². The predicted octanol–water partition coefficient (Wildman–Crippen LogP) is 4.43. The van der Waals surface area contributed by atoms with E-state index in [0.717, 1.165) is 25.0 Å². The molecule has 1 unspecified atom stereocenters. The van der Waals surface area contributed by atoms with E-state index < -0.39 is 0 Å². The van der Waals surface area contributed by atoms with Gasteiger partial charge < -0.3 is 15.2 Å². The van der Waals surface area contributed by atoms with Gasteiger partial charge in [-0.3, -0.25) is 4.99 Å². The zero-order chi connectivity index (χ0) is 18.8. The third kappa shape index (κ3) is 9.26. The van der Waals surface area contributed by atoms with Gasteiger partial charge in [0.2, 0.25) is 0 Å². The van der Waals surface area contributed by atoms with E-state index >= 15 is 0 Å². The lowest BCUT2D eigenvalue weighted by molar-refractivity contribution is 0.491. The molecule has 0 aliphatic heterocycles. The number of hydrogen-bond donors (Lipinski definition) is 2. The Bertz CT molecular complexity index is 667. The summed E-state index contributed by atoms with van der Waals surface area (Å²) in [6, 6.07) is 9.05. The summed E-state index contributed by atoms with van der Waals surface area (Å²) in [7, 11) is 1.83. The summed E-state index contributed by atoms with van der Waals surface area (Å²) in [4.78, 5) is 8.45. The Balaban J connectivity index is 0.00000364. The number of imidazole rings is 1. The van der Waals surface area contributed by atoms with Gasteiger partial charge in [0.1, 0.15) is 0 Å². The van der Waals surface area contributed by atoms with E-state index in [0.29, 0.717) is 6.04 Å². The van der Waals surface area contributed by atoms with Crippen LogP contribution in [0.5, 0.6) is 0 Å². The average Bonchev–Trinajstić information content (AvgIpc) is 3.11. The van der Waals surface area contributed by atoms with Gasteiger partial charge in [-0.05, 0) is 30.4 Å². The highest BCUT2D eigenvalue weighted by molar-refractivity contribution is 14.0. The number of aromatic nitrogens is 2. The number of nitrogens with zero attached hydrogens (tertiary/aromatic N) is 3. The molecular weight excluding hydrogens is 449 g/mol. The zero-order valence-electron chi connectivity index (χ0n) is 17.0. The Morgan fingerprint density at radius 2 is 1.96 bits per heavy atom. The van der Waals surface area contributed by atoms with Gasteiger partial charge in [-0.2, -0.15) is 0 Å². The lowest BCUT2D eigenvalue weighted by atomic mass is 10.0. The quantitative estimate of drug-likeness (QED) is 0.315. The first-order chi connectivity index (χ1) is 12.6. The molecule has 0 radical (unpaired) electrons. The van der Waals surface area contributed by atoms with E-state index in [9.17, 15) is 0 Å². The van der Waals surface area contributed by atoms with Gasteiger partial charge in [0.25, 0.3) is 0 Å². The Morgan fingerprint density at radius 3 is 2.63 bits per heavy atom. The fraction of sp³-hybridized carbons (Fsp3) is 0.524. The van der Waals surface area contributed by atoms with Crippen LogP contribution >= 0.6 is 24.0 Å². The molecule has 0 aliphatic carbocycles. The van der Waals surface area contributed by atoms with Crippen molar-refractivity contribution < 1.29 is 0 Å². The summed E-state index contributed by atoms with van der Waals surface area (Å²) >= 11 is 0. The van der Waals surface area contributed by atoms with Crippen molar-refractivity contribution in [1.82, 2.24) is 20.2 Å². The van der Waals surface area contributed by atoms with Crippen molar-refractivity contribution in [3.63, 3.8) is 0 Å². The summed E-state index contributed by atoms with van der Waals surface area (Å²) in [5.74, 6) is 1.64. The van der Waals surface area contributed by atoms with Crippen LogP contribution in [0.2, 0.25) is 0 Å². The lowest BCUT2D eigenvalue weighted by Gasteiger charge is -2.18. The number of rotatable bonds is 9. The highest BCUT2D eigenvalue weighted by atomic mass is 127. The summed E-state index contributed by atoms with van der Waals surface area (Å²) < 4.78 is 2.08. The molecule has 1 aromatic heterocycles. The zero-order valence-corrected chi connectivity index (χ0v) is 19.3. The van der Waals surface area contributed by atoms with E-state index in [2.05, 4.69) is 70.2 Å². The molecule has 150 valence electrons. The Hall–Kier alpha value is -1.57. The first kappa shape index (κ1) is 23.5. The van der Waals surface area contributed by atoms with Gasteiger partial charge in [0.15, 0.2) is 5.96 Å². The highest BCUT2D eigenvalue weighted by Gasteiger charge is 2.06. The van der Waals surface area contributed by atoms with E-state index in [1.165, 1.54) is 30.4 Å². The second kappa shape index (κ2) is 12.8. The molecule has 6 heteroatoms. The van der Waals surface area contributed by atoms with E-state index in [-0.39, 0.29) is 24.0 Å². The minimum absolute atomic E-state index is 0. The second-order valence-corrected chi connectivity index (χ2v) is 7.35. The van der Waals surface area contributed by atoms with Crippen LogP contribution < -0.4 is 10.6 Å². The van der Waals surface area contributed by atoms with Crippen molar-refractivity contribution in [2.45, 2.75) is 59.2 Å². The van der Waals surface area contributed by atoms with E-state index in [1.54, 1.807) is 0 Å². The van der Waals surface area contributed by atoms with Gasteiger partial charge in [-0.25, -0.2) is 4.98 Å². The number of guanidine groups is 1. The van der Waals surface area contributed by atoms with Crippen LogP contribution in [0.15, 0.2) is 48.0 Å². The minimum atomic E-state index is 0. The number of nitrogens with one attached hydrogen (secondary N) is 2. The number of halogens is 1. The number of aliphatic imine (C=N–C) groups is 1. The van der Waals surface area contributed by atoms with Crippen molar-refractivity contribution in [3.8, 4) is 0 Å². The first-order valence-corrected chi connectivity index (χ1v) is 9.57. The molecule has 2 rings (SSSR count). The molecular formula is C21H34IN5. The third-order valence-electron chi connectivity index (χ3n) is 4.40. The van der Waals surface area contributed by atoms with Crippen molar-refractivity contribution in [2.24, 2.45) is 10.9 Å².